The molecule has 0 atom stereocenters. The number of aryl methyl sites for hydroxylation is 1. The van der Waals surface area contributed by atoms with Crippen molar-refractivity contribution in [1.82, 2.24) is 0 Å². The zero-order valence-corrected chi connectivity index (χ0v) is 9.23. The molecule has 0 saturated carbocycles. The molecule has 1 rings (SSSR count). The van der Waals surface area contributed by atoms with Crippen LogP contribution < -0.4 is 0 Å². The molecule has 0 amide bonds. The van der Waals surface area contributed by atoms with Crippen LogP contribution in [-0.4, -0.2) is 19.0 Å². The SMILES string of the molecule is COC(=O)c1cc(Cl)ccc1CCCl. The summed E-state index contributed by atoms with van der Waals surface area (Å²) in [4.78, 5) is 11.3. The van der Waals surface area contributed by atoms with Gasteiger partial charge in [-0.3, -0.25) is 0 Å². The van der Waals surface area contributed by atoms with Gasteiger partial charge in [-0.1, -0.05) is 17.7 Å². The Morgan fingerprint density at radius 1 is 1.50 bits per heavy atom. The van der Waals surface area contributed by atoms with Gasteiger partial charge in [0, 0.05) is 10.9 Å². The van der Waals surface area contributed by atoms with Crippen molar-refractivity contribution in [1.29, 1.82) is 0 Å². The van der Waals surface area contributed by atoms with Gasteiger partial charge in [0.05, 0.1) is 12.7 Å². The molecule has 1 aromatic rings. The molecule has 0 unspecified atom stereocenters. The standard InChI is InChI=1S/C10H10Cl2O2/c1-14-10(13)9-6-8(12)3-2-7(9)4-5-11/h2-3,6H,4-5H2,1H3. The lowest BCUT2D eigenvalue weighted by Gasteiger charge is -2.06. The molecule has 14 heavy (non-hydrogen) atoms. The van der Waals surface area contributed by atoms with E-state index in [1.807, 2.05) is 0 Å². The predicted octanol–water partition coefficient (Wildman–Crippen LogP) is 2.91. The first-order valence-corrected chi connectivity index (χ1v) is 5.03. The first-order valence-electron chi connectivity index (χ1n) is 4.11. The number of carbonyl (C=O) groups excluding carboxylic acids is 1. The van der Waals surface area contributed by atoms with Crippen LogP contribution in [0.5, 0.6) is 0 Å². The van der Waals surface area contributed by atoms with Crippen molar-refractivity contribution >= 4 is 29.2 Å². The smallest absolute Gasteiger partial charge is 0.338 e. The lowest BCUT2D eigenvalue weighted by Crippen LogP contribution is -2.06. The van der Waals surface area contributed by atoms with Crippen molar-refractivity contribution in [2.24, 2.45) is 0 Å². The summed E-state index contributed by atoms with van der Waals surface area (Å²) in [5.41, 5.74) is 1.34. The molecule has 0 radical (unpaired) electrons. The van der Waals surface area contributed by atoms with Crippen molar-refractivity contribution in [3.63, 3.8) is 0 Å². The van der Waals surface area contributed by atoms with Crippen LogP contribution in [0, 0.1) is 0 Å². The molecule has 0 spiro atoms. The molecule has 0 aliphatic carbocycles. The molecule has 0 N–H and O–H groups in total. The molecule has 0 aromatic heterocycles. The zero-order chi connectivity index (χ0) is 10.6. The van der Waals surface area contributed by atoms with Crippen LogP contribution in [0.4, 0.5) is 0 Å². The number of rotatable bonds is 3. The van der Waals surface area contributed by atoms with Crippen molar-refractivity contribution in [3.8, 4) is 0 Å². The summed E-state index contributed by atoms with van der Waals surface area (Å²) < 4.78 is 4.64. The minimum absolute atomic E-state index is 0.382. The lowest BCUT2D eigenvalue weighted by molar-refractivity contribution is 0.0599. The topological polar surface area (TPSA) is 26.3 Å². The Kier molecular flexibility index (Phi) is 4.23. The maximum atomic E-state index is 11.3. The van der Waals surface area contributed by atoms with Gasteiger partial charge in [-0.25, -0.2) is 4.79 Å². The second-order valence-corrected chi connectivity index (χ2v) is 3.55. The Balaban J connectivity index is 3.08. The normalized spacial score (nSPS) is 9.93. The molecule has 4 heteroatoms. The highest BCUT2D eigenvalue weighted by Crippen LogP contribution is 2.17. The average Bonchev–Trinajstić information content (AvgIpc) is 2.20. The Bertz CT molecular complexity index is 337. The average molecular weight is 233 g/mol. The van der Waals surface area contributed by atoms with E-state index in [0.29, 0.717) is 22.9 Å². The number of carbonyl (C=O) groups is 1. The molecule has 76 valence electrons. The second kappa shape index (κ2) is 5.23. The number of hydrogen-bond acceptors (Lipinski definition) is 2. The molecule has 0 bridgehead atoms. The lowest BCUT2D eigenvalue weighted by atomic mass is 10.1. The van der Waals surface area contributed by atoms with Crippen LogP contribution >= 0.6 is 23.2 Å². The number of esters is 1. The Morgan fingerprint density at radius 2 is 2.21 bits per heavy atom. The van der Waals surface area contributed by atoms with E-state index in [0.717, 1.165) is 5.56 Å². The maximum absolute atomic E-state index is 11.3. The van der Waals surface area contributed by atoms with E-state index in [1.54, 1.807) is 18.2 Å². The summed E-state index contributed by atoms with van der Waals surface area (Å²) in [6.45, 7) is 0. The maximum Gasteiger partial charge on any atom is 0.338 e. The van der Waals surface area contributed by atoms with Crippen LogP contribution in [0.1, 0.15) is 15.9 Å². The fourth-order valence-electron chi connectivity index (χ4n) is 1.17. The quantitative estimate of drug-likeness (QED) is 0.592. The minimum atomic E-state index is -0.382. The zero-order valence-electron chi connectivity index (χ0n) is 7.72. The highest BCUT2D eigenvalue weighted by Gasteiger charge is 2.11. The van der Waals surface area contributed by atoms with Crippen molar-refractivity contribution in [2.75, 3.05) is 13.0 Å². The summed E-state index contributed by atoms with van der Waals surface area (Å²) in [5, 5.41) is 0.517. The monoisotopic (exact) mass is 232 g/mol. The highest BCUT2D eigenvalue weighted by molar-refractivity contribution is 6.31. The molecule has 2 nitrogen and oxygen atoms in total. The Labute approximate surface area is 92.8 Å². The number of benzene rings is 1. The third-order valence-electron chi connectivity index (χ3n) is 1.84. The molecular weight excluding hydrogens is 223 g/mol. The van der Waals surface area contributed by atoms with E-state index in [-0.39, 0.29) is 5.97 Å². The van der Waals surface area contributed by atoms with Gasteiger partial charge in [0.1, 0.15) is 0 Å². The van der Waals surface area contributed by atoms with Gasteiger partial charge in [-0.05, 0) is 24.1 Å². The van der Waals surface area contributed by atoms with Crippen molar-refractivity contribution in [2.45, 2.75) is 6.42 Å². The molecule has 0 aliphatic heterocycles. The Morgan fingerprint density at radius 3 is 2.79 bits per heavy atom. The summed E-state index contributed by atoms with van der Waals surface area (Å²) in [5.74, 6) is 0.0821. The largest absolute Gasteiger partial charge is 0.465 e. The van der Waals surface area contributed by atoms with E-state index < -0.39 is 0 Å². The number of alkyl halides is 1. The molecule has 0 aliphatic rings. The van der Waals surface area contributed by atoms with Gasteiger partial charge >= 0.3 is 5.97 Å². The van der Waals surface area contributed by atoms with Gasteiger partial charge in [0.25, 0.3) is 0 Å². The van der Waals surface area contributed by atoms with Crippen LogP contribution in [-0.2, 0) is 11.2 Å². The molecule has 0 heterocycles. The minimum Gasteiger partial charge on any atom is -0.465 e. The number of halogens is 2. The van der Waals surface area contributed by atoms with Gasteiger partial charge < -0.3 is 4.74 Å². The fraction of sp³-hybridized carbons (Fsp3) is 0.300. The van der Waals surface area contributed by atoms with E-state index in [9.17, 15) is 4.79 Å². The van der Waals surface area contributed by atoms with Gasteiger partial charge in [-0.2, -0.15) is 0 Å². The van der Waals surface area contributed by atoms with Gasteiger partial charge in [0.15, 0.2) is 0 Å². The number of ether oxygens (including phenoxy) is 1. The van der Waals surface area contributed by atoms with E-state index in [4.69, 9.17) is 23.2 Å². The van der Waals surface area contributed by atoms with Crippen molar-refractivity contribution in [3.05, 3.63) is 34.3 Å². The molecule has 0 fully saturated rings. The highest BCUT2D eigenvalue weighted by atomic mass is 35.5. The van der Waals surface area contributed by atoms with E-state index in [1.165, 1.54) is 7.11 Å². The summed E-state index contributed by atoms with van der Waals surface area (Å²) >= 11 is 11.4. The summed E-state index contributed by atoms with van der Waals surface area (Å²) in [6.07, 6.45) is 0.628. The molecule has 0 saturated heterocycles. The predicted molar refractivity (Wildman–Crippen MR) is 57.2 cm³/mol. The van der Waals surface area contributed by atoms with E-state index >= 15 is 0 Å². The van der Waals surface area contributed by atoms with Crippen LogP contribution in [0.25, 0.3) is 0 Å². The van der Waals surface area contributed by atoms with E-state index in [2.05, 4.69) is 4.74 Å². The number of hydrogen-bond donors (Lipinski definition) is 0. The second-order valence-electron chi connectivity index (χ2n) is 2.73. The first-order chi connectivity index (χ1) is 6.69. The third-order valence-corrected chi connectivity index (χ3v) is 2.27. The van der Waals surface area contributed by atoms with Crippen molar-refractivity contribution < 1.29 is 9.53 Å². The summed E-state index contributed by atoms with van der Waals surface area (Å²) in [7, 11) is 1.34. The van der Waals surface area contributed by atoms with Gasteiger partial charge in [-0.15, -0.1) is 11.6 Å². The third kappa shape index (κ3) is 2.63. The summed E-state index contributed by atoms with van der Waals surface area (Å²) in [6, 6.07) is 5.11. The number of methoxy groups -OCH3 is 1. The molecular formula is C10H10Cl2O2. The van der Waals surface area contributed by atoms with Crippen LogP contribution in [0.2, 0.25) is 5.02 Å². The first kappa shape index (κ1) is 11.3. The Hall–Kier alpha value is -0.730. The fourth-order valence-corrected chi connectivity index (χ4v) is 1.54. The van der Waals surface area contributed by atoms with Crippen LogP contribution in [0.3, 0.4) is 0 Å². The molecule has 1 aromatic carbocycles. The van der Waals surface area contributed by atoms with Crippen LogP contribution in [0.15, 0.2) is 18.2 Å². The van der Waals surface area contributed by atoms with Gasteiger partial charge in [0.2, 0.25) is 0 Å².